The first-order valence-corrected chi connectivity index (χ1v) is 7.72. The van der Waals surface area contributed by atoms with Crippen LogP contribution < -0.4 is 4.74 Å². The van der Waals surface area contributed by atoms with E-state index in [2.05, 4.69) is 6.58 Å². The maximum Gasteiger partial charge on any atom is 0.417 e. The molecule has 24 heavy (non-hydrogen) atoms. The lowest BCUT2D eigenvalue weighted by Crippen LogP contribution is -2.20. The fourth-order valence-corrected chi connectivity index (χ4v) is 1.71. The molecule has 0 N–H and O–H groups in total. The van der Waals surface area contributed by atoms with Gasteiger partial charge in [-0.1, -0.05) is 24.3 Å². The molecule has 0 aromatic heterocycles. The molecular formula is C18H24O6. The summed E-state index contributed by atoms with van der Waals surface area (Å²) in [6, 6.07) is 7.00. The highest BCUT2D eigenvalue weighted by Gasteiger charge is 2.17. The SMILES string of the molecule is C=C(C)COCCCCOC(=O)C(=O)OCc1ccc(OC)cc1. The standard InChI is InChI=1S/C18H24O6/c1-14(2)12-22-10-4-5-11-23-17(19)18(20)24-13-15-6-8-16(21-3)9-7-15/h6-9H,1,4-5,10-13H2,2-3H3. The van der Waals surface area contributed by atoms with Crippen LogP contribution >= 0.6 is 0 Å². The third-order valence-corrected chi connectivity index (χ3v) is 2.96. The smallest absolute Gasteiger partial charge is 0.417 e. The molecule has 1 aromatic rings. The second-order valence-corrected chi connectivity index (χ2v) is 5.28. The molecule has 0 aliphatic carbocycles. The Balaban J connectivity index is 2.13. The van der Waals surface area contributed by atoms with Crippen LogP contribution in [0.25, 0.3) is 0 Å². The van der Waals surface area contributed by atoms with Crippen LogP contribution in [0.4, 0.5) is 0 Å². The van der Waals surface area contributed by atoms with Crippen LogP contribution in [0.2, 0.25) is 0 Å². The number of benzene rings is 1. The van der Waals surface area contributed by atoms with Gasteiger partial charge in [0.25, 0.3) is 0 Å². The molecule has 0 heterocycles. The van der Waals surface area contributed by atoms with Gasteiger partial charge in [0.2, 0.25) is 0 Å². The Labute approximate surface area is 142 Å². The number of hydrogen-bond acceptors (Lipinski definition) is 6. The molecule has 0 amide bonds. The van der Waals surface area contributed by atoms with Crippen molar-refractivity contribution < 1.29 is 28.5 Å². The zero-order chi connectivity index (χ0) is 17.8. The van der Waals surface area contributed by atoms with Crippen LogP contribution in [0, 0.1) is 0 Å². The van der Waals surface area contributed by atoms with Gasteiger partial charge in [0.1, 0.15) is 12.4 Å². The summed E-state index contributed by atoms with van der Waals surface area (Å²) in [7, 11) is 1.57. The quantitative estimate of drug-likeness (QED) is 0.283. The first-order chi connectivity index (χ1) is 11.5. The topological polar surface area (TPSA) is 71.1 Å². The zero-order valence-corrected chi connectivity index (χ0v) is 14.2. The number of ether oxygens (including phenoxy) is 4. The van der Waals surface area contributed by atoms with Crippen molar-refractivity contribution in [1.82, 2.24) is 0 Å². The summed E-state index contributed by atoms with van der Waals surface area (Å²) in [5.74, 6) is -1.27. The van der Waals surface area contributed by atoms with E-state index in [4.69, 9.17) is 18.9 Å². The van der Waals surface area contributed by atoms with Crippen molar-refractivity contribution in [3.63, 3.8) is 0 Å². The van der Waals surface area contributed by atoms with Crippen LogP contribution in [0.5, 0.6) is 5.75 Å². The maximum absolute atomic E-state index is 11.5. The van der Waals surface area contributed by atoms with Crippen molar-refractivity contribution in [3.05, 3.63) is 42.0 Å². The van der Waals surface area contributed by atoms with Gasteiger partial charge in [-0.05, 0) is 37.5 Å². The molecule has 0 spiro atoms. The molecule has 0 unspecified atom stereocenters. The zero-order valence-electron chi connectivity index (χ0n) is 14.2. The summed E-state index contributed by atoms with van der Waals surface area (Å²) >= 11 is 0. The van der Waals surface area contributed by atoms with Crippen LogP contribution in [0.3, 0.4) is 0 Å². The van der Waals surface area contributed by atoms with Crippen molar-refractivity contribution in [2.24, 2.45) is 0 Å². The van der Waals surface area contributed by atoms with Crippen molar-refractivity contribution in [3.8, 4) is 5.75 Å². The molecule has 0 aliphatic rings. The first kappa shape index (κ1) is 19.7. The Morgan fingerprint density at radius 1 is 1.00 bits per heavy atom. The number of esters is 2. The molecule has 1 rings (SSSR count). The van der Waals surface area contributed by atoms with Gasteiger partial charge in [-0.15, -0.1) is 0 Å². The largest absolute Gasteiger partial charge is 0.497 e. The molecule has 1 aromatic carbocycles. The number of carbonyl (C=O) groups excluding carboxylic acids is 2. The van der Waals surface area contributed by atoms with Crippen molar-refractivity contribution in [2.75, 3.05) is 26.9 Å². The molecule has 6 heteroatoms. The lowest BCUT2D eigenvalue weighted by Gasteiger charge is -2.07. The fourth-order valence-electron chi connectivity index (χ4n) is 1.71. The Morgan fingerprint density at radius 3 is 2.25 bits per heavy atom. The Hall–Kier alpha value is -2.34. The van der Waals surface area contributed by atoms with Gasteiger partial charge in [-0.25, -0.2) is 9.59 Å². The number of methoxy groups -OCH3 is 1. The van der Waals surface area contributed by atoms with E-state index in [-0.39, 0.29) is 13.2 Å². The molecule has 0 atom stereocenters. The lowest BCUT2D eigenvalue weighted by atomic mass is 10.2. The highest BCUT2D eigenvalue weighted by atomic mass is 16.6. The number of rotatable bonds is 10. The average Bonchev–Trinajstić information content (AvgIpc) is 2.58. The fraction of sp³-hybridized carbons (Fsp3) is 0.444. The van der Waals surface area contributed by atoms with E-state index < -0.39 is 11.9 Å². The molecular weight excluding hydrogens is 312 g/mol. The summed E-state index contributed by atoms with van der Waals surface area (Å²) in [4.78, 5) is 23.0. The highest BCUT2D eigenvalue weighted by Crippen LogP contribution is 2.12. The van der Waals surface area contributed by atoms with Crippen LogP contribution in [0.15, 0.2) is 36.4 Å². The van der Waals surface area contributed by atoms with Gasteiger partial charge in [-0.2, -0.15) is 0 Å². The van der Waals surface area contributed by atoms with E-state index in [1.807, 2.05) is 6.92 Å². The van der Waals surface area contributed by atoms with Gasteiger partial charge in [0.15, 0.2) is 0 Å². The van der Waals surface area contributed by atoms with Crippen molar-refractivity contribution >= 4 is 11.9 Å². The molecule has 0 fully saturated rings. The summed E-state index contributed by atoms with van der Waals surface area (Å²) < 4.78 is 20.1. The molecule has 132 valence electrons. The van der Waals surface area contributed by atoms with Crippen LogP contribution in [-0.2, 0) is 30.4 Å². The lowest BCUT2D eigenvalue weighted by molar-refractivity contribution is -0.168. The van der Waals surface area contributed by atoms with E-state index >= 15 is 0 Å². The average molecular weight is 336 g/mol. The third kappa shape index (κ3) is 8.33. The van der Waals surface area contributed by atoms with Gasteiger partial charge in [-0.3, -0.25) is 0 Å². The van der Waals surface area contributed by atoms with E-state index in [1.165, 1.54) is 0 Å². The molecule has 0 saturated carbocycles. The summed E-state index contributed by atoms with van der Waals surface area (Å²) in [5, 5.41) is 0. The van der Waals surface area contributed by atoms with Gasteiger partial charge in [0, 0.05) is 6.61 Å². The van der Waals surface area contributed by atoms with Gasteiger partial charge in [0.05, 0.1) is 20.3 Å². The second-order valence-electron chi connectivity index (χ2n) is 5.28. The summed E-state index contributed by atoms with van der Waals surface area (Å²) in [5.41, 5.74) is 1.72. The van der Waals surface area contributed by atoms with E-state index in [9.17, 15) is 9.59 Å². The molecule has 0 aliphatic heterocycles. The summed E-state index contributed by atoms with van der Waals surface area (Å²) in [6.07, 6.45) is 1.36. The van der Waals surface area contributed by atoms with E-state index in [1.54, 1.807) is 31.4 Å². The van der Waals surface area contributed by atoms with E-state index in [0.717, 1.165) is 17.6 Å². The van der Waals surface area contributed by atoms with Gasteiger partial charge >= 0.3 is 11.9 Å². The normalized spacial score (nSPS) is 10.1. The maximum atomic E-state index is 11.5. The monoisotopic (exact) mass is 336 g/mol. The number of hydrogen-bond donors (Lipinski definition) is 0. The van der Waals surface area contributed by atoms with E-state index in [0.29, 0.717) is 25.4 Å². The molecule has 6 nitrogen and oxygen atoms in total. The Bertz CT molecular complexity index is 535. The highest BCUT2D eigenvalue weighted by molar-refractivity contribution is 6.29. The predicted octanol–water partition coefficient (Wildman–Crippen LogP) is 2.65. The summed E-state index contributed by atoms with van der Waals surface area (Å²) in [6.45, 7) is 6.87. The molecule has 0 radical (unpaired) electrons. The first-order valence-electron chi connectivity index (χ1n) is 7.72. The third-order valence-electron chi connectivity index (χ3n) is 2.96. The number of carbonyl (C=O) groups is 2. The minimum Gasteiger partial charge on any atom is -0.497 e. The van der Waals surface area contributed by atoms with Crippen LogP contribution in [0.1, 0.15) is 25.3 Å². The van der Waals surface area contributed by atoms with Crippen molar-refractivity contribution in [2.45, 2.75) is 26.4 Å². The second kappa shape index (κ2) is 11.2. The van der Waals surface area contributed by atoms with Crippen LogP contribution in [-0.4, -0.2) is 38.9 Å². The minimum atomic E-state index is -0.996. The Morgan fingerprint density at radius 2 is 1.62 bits per heavy atom. The molecule has 0 bridgehead atoms. The van der Waals surface area contributed by atoms with Gasteiger partial charge < -0.3 is 18.9 Å². The number of unbranched alkanes of at least 4 members (excludes halogenated alkanes) is 1. The minimum absolute atomic E-state index is 0.00662. The predicted molar refractivity (Wildman–Crippen MR) is 88.6 cm³/mol. The van der Waals surface area contributed by atoms with Crippen molar-refractivity contribution in [1.29, 1.82) is 0 Å². The Kier molecular flexibility index (Phi) is 9.23. The molecule has 0 saturated heterocycles.